The molecule has 1 heteroatoms. The maximum absolute atomic E-state index is 5.32. The molecule has 1 aliphatic rings. The van der Waals surface area contributed by atoms with Gasteiger partial charge in [0.05, 0.1) is 7.11 Å². The highest BCUT2D eigenvalue weighted by Crippen LogP contribution is 2.43. The first-order chi connectivity index (χ1) is 8.79. The molecule has 1 aliphatic carbocycles. The summed E-state index contributed by atoms with van der Waals surface area (Å²) in [7, 11) is 1.73. The molecule has 18 heavy (non-hydrogen) atoms. The van der Waals surface area contributed by atoms with Crippen LogP contribution in [-0.2, 0) is 6.42 Å². The van der Waals surface area contributed by atoms with Gasteiger partial charge in [0.15, 0.2) is 0 Å². The Balaban J connectivity index is 2.05. The average molecular weight is 238 g/mol. The maximum atomic E-state index is 5.32. The number of rotatable bonds is 2. The quantitative estimate of drug-likeness (QED) is 0.768. The summed E-state index contributed by atoms with van der Waals surface area (Å²) in [6.07, 6.45) is 1.14. The molecule has 0 bridgehead atoms. The van der Waals surface area contributed by atoms with Crippen molar-refractivity contribution in [1.29, 1.82) is 0 Å². The van der Waals surface area contributed by atoms with Crippen molar-refractivity contribution in [2.45, 2.75) is 19.3 Å². The van der Waals surface area contributed by atoms with Crippen molar-refractivity contribution in [2.24, 2.45) is 5.92 Å². The second-order valence-electron chi connectivity index (χ2n) is 5.13. The third kappa shape index (κ3) is 1.80. The number of hydrogen-bond acceptors (Lipinski definition) is 1. The van der Waals surface area contributed by atoms with Crippen molar-refractivity contribution in [3.8, 4) is 5.75 Å². The van der Waals surface area contributed by atoms with Crippen molar-refractivity contribution in [2.75, 3.05) is 7.11 Å². The van der Waals surface area contributed by atoms with Crippen LogP contribution in [0, 0.1) is 5.92 Å². The Morgan fingerprint density at radius 1 is 1.06 bits per heavy atom. The summed E-state index contributed by atoms with van der Waals surface area (Å²) in [5.74, 6) is 2.16. The molecule has 0 unspecified atom stereocenters. The van der Waals surface area contributed by atoms with Crippen LogP contribution in [0.2, 0.25) is 0 Å². The Labute approximate surface area is 108 Å². The lowest BCUT2D eigenvalue weighted by molar-refractivity contribution is 0.414. The molecule has 3 rings (SSSR count). The van der Waals surface area contributed by atoms with Gasteiger partial charge in [-0.25, -0.2) is 0 Å². The van der Waals surface area contributed by atoms with Gasteiger partial charge in [0, 0.05) is 5.92 Å². The van der Waals surface area contributed by atoms with E-state index in [0.29, 0.717) is 11.8 Å². The number of benzene rings is 2. The minimum atomic E-state index is 0.534. The molecule has 0 spiro atoms. The third-order valence-electron chi connectivity index (χ3n) is 3.95. The number of methoxy groups -OCH3 is 1. The van der Waals surface area contributed by atoms with Crippen LogP contribution < -0.4 is 4.74 Å². The molecule has 2 aromatic carbocycles. The van der Waals surface area contributed by atoms with Crippen LogP contribution in [0.4, 0.5) is 0 Å². The van der Waals surface area contributed by atoms with Crippen LogP contribution in [0.5, 0.6) is 5.75 Å². The Bertz CT molecular complexity index is 545. The monoisotopic (exact) mass is 238 g/mol. The van der Waals surface area contributed by atoms with Crippen LogP contribution >= 0.6 is 0 Å². The molecule has 0 heterocycles. The van der Waals surface area contributed by atoms with Crippen LogP contribution in [0.3, 0.4) is 0 Å². The topological polar surface area (TPSA) is 9.23 Å². The highest BCUT2D eigenvalue weighted by atomic mass is 16.5. The normalized spacial score (nSPS) is 21.7. The van der Waals surface area contributed by atoms with Gasteiger partial charge in [-0.05, 0) is 41.2 Å². The zero-order chi connectivity index (χ0) is 12.5. The summed E-state index contributed by atoms with van der Waals surface area (Å²) in [5.41, 5.74) is 4.33. The van der Waals surface area contributed by atoms with Gasteiger partial charge in [-0.2, -0.15) is 0 Å². The first-order valence-electron chi connectivity index (χ1n) is 6.51. The zero-order valence-electron chi connectivity index (χ0n) is 10.9. The molecule has 92 valence electrons. The summed E-state index contributed by atoms with van der Waals surface area (Å²) >= 11 is 0. The van der Waals surface area contributed by atoms with Gasteiger partial charge < -0.3 is 4.74 Å². The van der Waals surface area contributed by atoms with Gasteiger partial charge in [0.1, 0.15) is 5.75 Å². The van der Waals surface area contributed by atoms with E-state index in [1.807, 2.05) is 0 Å². The second kappa shape index (κ2) is 4.49. The number of fused-ring (bicyclic) bond motifs is 1. The third-order valence-corrected chi connectivity index (χ3v) is 3.95. The molecule has 0 saturated carbocycles. The van der Waals surface area contributed by atoms with Crippen LogP contribution in [-0.4, -0.2) is 7.11 Å². The smallest absolute Gasteiger partial charge is 0.119 e. The molecule has 0 radical (unpaired) electrons. The maximum Gasteiger partial charge on any atom is 0.119 e. The summed E-state index contributed by atoms with van der Waals surface area (Å²) in [5, 5.41) is 0. The predicted octanol–water partition coefficient (Wildman–Crippen LogP) is 4.02. The van der Waals surface area contributed by atoms with E-state index in [9.17, 15) is 0 Å². The van der Waals surface area contributed by atoms with Crippen LogP contribution in [0.15, 0.2) is 48.5 Å². The van der Waals surface area contributed by atoms with Gasteiger partial charge in [0.25, 0.3) is 0 Å². The van der Waals surface area contributed by atoms with Crippen LogP contribution in [0.25, 0.3) is 0 Å². The molecule has 0 N–H and O–H groups in total. The molecule has 2 aromatic rings. The number of hydrogen-bond donors (Lipinski definition) is 0. The summed E-state index contributed by atoms with van der Waals surface area (Å²) in [6.45, 7) is 2.34. The highest BCUT2D eigenvalue weighted by Gasteiger charge is 2.30. The van der Waals surface area contributed by atoms with Gasteiger partial charge in [-0.3, -0.25) is 0 Å². The molecule has 0 aliphatic heterocycles. The molecular formula is C17H18O. The molecule has 1 nitrogen and oxygen atoms in total. The fraction of sp³-hybridized carbons (Fsp3) is 0.294. The SMILES string of the molecule is COc1ccc2c(c1)C[C@H](C)[C@H]2c1ccccc1. The summed E-state index contributed by atoms with van der Waals surface area (Å²) < 4.78 is 5.32. The summed E-state index contributed by atoms with van der Waals surface area (Å²) in [6, 6.07) is 17.3. The van der Waals surface area contributed by atoms with Crippen molar-refractivity contribution in [3.05, 3.63) is 65.2 Å². The second-order valence-corrected chi connectivity index (χ2v) is 5.13. The molecule has 0 saturated heterocycles. The lowest BCUT2D eigenvalue weighted by atomic mass is 9.87. The Hall–Kier alpha value is -1.76. The van der Waals surface area contributed by atoms with E-state index in [0.717, 1.165) is 12.2 Å². The fourth-order valence-electron chi connectivity index (χ4n) is 3.13. The molecule has 0 amide bonds. The van der Waals surface area contributed by atoms with Gasteiger partial charge in [-0.15, -0.1) is 0 Å². The van der Waals surface area contributed by atoms with E-state index in [-0.39, 0.29) is 0 Å². The average Bonchev–Trinajstić information content (AvgIpc) is 2.74. The first-order valence-corrected chi connectivity index (χ1v) is 6.51. The lowest BCUT2D eigenvalue weighted by Crippen LogP contribution is -2.05. The van der Waals surface area contributed by atoms with Gasteiger partial charge in [0.2, 0.25) is 0 Å². The van der Waals surface area contributed by atoms with Crippen molar-refractivity contribution >= 4 is 0 Å². The van der Waals surface area contributed by atoms with Crippen LogP contribution in [0.1, 0.15) is 29.5 Å². The van der Waals surface area contributed by atoms with E-state index < -0.39 is 0 Å². The van der Waals surface area contributed by atoms with E-state index in [4.69, 9.17) is 4.74 Å². The van der Waals surface area contributed by atoms with Crippen molar-refractivity contribution in [1.82, 2.24) is 0 Å². The van der Waals surface area contributed by atoms with Gasteiger partial charge in [-0.1, -0.05) is 43.3 Å². The molecule has 2 atom stereocenters. The Morgan fingerprint density at radius 3 is 2.56 bits per heavy atom. The number of ether oxygens (including phenoxy) is 1. The van der Waals surface area contributed by atoms with Gasteiger partial charge >= 0.3 is 0 Å². The largest absolute Gasteiger partial charge is 0.497 e. The van der Waals surface area contributed by atoms with E-state index in [1.165, 1.54) is 16.7 Å². The van der Waals surface area contributed by atoms with Crippen molar-refractivity contribution in [3.63, 3.8) is 0 Å². The zero-order valence-corrected chi connectivity index (χ0v) is 10.9. The molecular weight excluding hydrogens is 220 g/mol. The minimum Gasteiger partial charge on any atom is -0.497 e. The molecule has 0 aromatic heterocycles. The first kappa shape index (κ1) is 11.3. The van der Waals surface area contributed by atoms with Crippen molar-refractivity contribution < 1.29 is 4.74 Å². The Kier molecular flexibility index (Phi) is 2.83. The standard InChI is InChI=1S/C17H18O/c1-12-10-14-11-15(18-2)8-9-16(14)17(12)13-6-4-3-5-7-13/h3-9,11-12,17H,10H2,1-2H3/t12-,17-/m0/s1. The fourth-order valence-corrected chi connectivity index (χ4v) is 3.13. The van der Waals surface area contributed by atoms with E-state index in [2.05, 4.69) is 55.5 Å². The van der Waals surface area contributed by atoms with E-state index >= 15 is 0 Å². The summed E-state index contributed by atoms with van der Waals surface area (Å²) in [4.78, 5) is 0. The van der Waals surface area contributed by atoms with E-state index in [1.54, 1.807) is 7.11 Å². The lowest BCUT2D eigenvalue weighted by Gasteiger charge is -2.17. The minimum absolute atomic E-state index is 0.534. The molecule has 0 fully saturated rings. The Morgan fingerprint density at radius 2 is 1.83 bits per heavy atom. The predicted molar refractivity (Wildman–Crippen MR) is 74.1 cm³/mol. The highest BCUT2D eigenvalue weighted by molar-refractivity contribution is 5.46.